The number of ether oxygens (including phenoxy) is 1. The van der Waals surface area contributed by atoms with Crippen LogP contribution >= 0.6 is 0 Å². The summed E-state index contributed by atoms with van der Waals surface area (Å²) < 4.78 is 7.66. The monoisotopic (exact) mass is 459 g/mol. The molecule has 3 aromatic rings. The van der Waals surface area contributed by atoms with Crippen LogP contribution in [0.15, 0.2) is 48.5 Å². The molecule has 1 N–H and O–H groups in total. The van der Waals surface area contributed by atoms with Gasteiger partial charge in [-0.2, -0.15) is 5.10 Å². The van der Waals surface area contributed by atoms with E-state index < -0.39 is 0 Å². The Labute approximate surface area is 201 Å². The molecule has 1 aromatic heterocycles. The average molecular weight is 460 g/mol. The molecule has 7 nitrogen and oxygen atoms in total. The zero-order chi connectivity index (χ0) is 23.7. The van der Waals surface area contributed by atoms with Gasteiger partial charge >= 0.3 is 0 Å². The van der Waals surface area contributed by atoms with Crippen molar-refractivity contribution in [1.82, 2.24) is 20.0 Å². The number of aromatic nitrogens is 2. The molecule has 0 unspecified atom stereocenters. The lowest BCUT2D eigenvalue weighted by Gasteiger charge is -2.41. The van der Waals surface area contributed by atoms with Gasteiger partial charge in [0.1, 0.15) is 12.4 Å². The summed E-state index contributed by atoms with van der Waals surface area (Å²) in [7, 11) is 1.88. The van der Waals surface area contributed by atoms with E-state index in [1.54, 1.807) is 4.68 Å². The normalized spacial score (nSPS) is 17.6. The maximum atomic E-state index is 12.9. The lowest BCUT2D eigenvalue weighted by Crippen LogP contribution is -2.52. The van der Waals surface area contributed by atoms with Crippen LogP contribution < -0.4 is 15.0 Å². The highest BCUT2D eigenvalue weighted by atomic mass is 16.5. The van der Waals surface area contributed by atoms with Crippen molar-refractivity contribution >= 4 is 11.6 Å². The Kier molecular flexibility index (Phi) is 6.28. The number of para-hydroxylation sites is 1. The van der Waals surface area contributed by atoms with E-state index in [0.29, 0.717) is 24.9 Å². The van der Waals surface area contributed by atoms with Gasteiger partial charge in [0.05, 0.1) is 5.69 Å². The van der Waals surface area contributed by atoms with Crippen LogP contribution in [0, 0.1) is 6.92 Å². The van der Waals surface area contributed by atoms with Crippen molar-refractivity contribution in [2.75, 3.05) is 37.6 Å². The second-order valence-electron chi connectivity index (χ2n) is 9.38. The number of rotatable bonds is 6. The molecule has 3 heterocycles. The van der Waals surface area contributed by atoms with E-state index >= 15 is 0 Å². The number of nitrogens with one attached hydrogen (secondary N) is 1. The summed E-state index contributed by atoms with van der Waals surface area (Å²) in [5.74, 6) is 0.708. The van der Waals surface area contributed by atoms with Gasteiger partial charge in [-0.1, -0.05) is 24.3 Å². The SMILES string of the molecule is Cc1cccc(N2CCN(CCCNC(=O)c3nn(C)c4c3COc3ccccc3-4)C[C@H]2C)c1. The number of carbonyl (C=O) groups is 1. The van der Waals surface area contributed by atoms with Gasteiger partial charge in [-0.3, -0.25) is 14.4 Å². The van der Waals surface area contributed by atoms with E-state index in [-0.39, 0.29) is 5.91 Å². The van der Waals surface area contributed by atoms with Crippen LogP contribution in [0.5, 0.6) is 5.75 Å². The molecule has 0 saturated carbocycles. The summed E-state index contributed by atoms with van der Waals surface area (Å²) in [6, 6.07) is 17.1. The fourth-order valence-electron chi connectivity index (χ4n) is 5.18. The molecule has 0 aliphatic carbocycles. The third-order valence-corrected chi connectivity index (χ3v) is 6.86. The Hall–Kier alpha value is -3.32. The van der Waals surface area contributed by atoms with Crippen molar-refractivity contribution in [3.05, 3.63) is 65.4 Å². The van der Waals surface area contributed by atoms with Gasteiger partial charge in [-0.25, -0.2) is 0 Å². The molecule has 2 aliphatic heterocycles. The van der Waals surface area contributed by atoms with E-state index in [4.69, 9.17) is 4.74 Å². The maximum Gasteiger partial charge on any atom is 0.272 e. The Morgan fingerprint density at radius 3 is 2.85 bits per heavy atom. The molecule has 1 atom stereocenters. The minimum Gasteiger partial charge on any atom is -0.488 e. The number of benzene rings is 2. The summed E-state index contributed by atoms with van der Waals surface area (Å²) in [6.45, 7) is 9.51. The molecule has 7 heteroatoms. The van der Waals surface area contributed by atoms with E-state index in [9.17, 15) is 4.79 Å². The van der Waals surface area contributed by atoms with Crippen LogP contribution in [0.3, 0.4) is 0 Å². The zero-order valence-electron chi connectivity index (χ0n) is 20.3. The van der Waals surface area contributed by atoms with Crippen molar-refractivity contribution in [1.29, 1.82) is 0 Å². The number of nitrogens with zero attached hydrogens (tertiary/aromatic N) is 4. The number of hydrogen-bond acceptors (Lipinski definition) is 5. The topological polar surface area (TPSA) is 62.6 Å². The predicted molar refractivity (Wildman–Crippen MR) is 134 cm³/mol. The van der Waals surface area contributed by atoms with Crippen LogP contribution in [0.25, 0.3) is 11.3 Å². The first-order valence-electron chi connectivity index (χ1n) is 12.1. The van der Waals surface area contributed by atoms with Crippen molar-refractivity contribution in [2.24, 2.45) is 7.05 Å². The first-order chi connectivity index (χ1) is 16.5. The standard InChI is InChI=1S/C27H33N5O2/c1-19-8-6-9-21(16-19)32-15-14-31(17-20(32)2)13-7-12-28-27(33)25-23-18-34-24-11-5-4-10-22(24)26(23)30(3)29-25/h4-6,8-11,16,20H,7,12-15,17-18H2,1-3H3,(H,28,33)/t20-/m1/s1. The summed E-state index contributed by atoms with van der Waals surface area (Å²) >= 11 is 0. The van der Waals surface area contributed by atoms with Gasteiger partial charge in [-0.05, 0) is 56.6 Å². The molecule has 0 spiro atoms. The van der Waals surface area contributed by atoms with Crippen LogP contribution in [0.4, 0.5) is 5.69 Å². The van der Waals surface area contributed by atoms with Crippen LogP contribution in [0.2, 0.25) is 0 Å². The molecule has 178 valence electrons. The van der Waals surface area contributed by atoms with Crippen molar-refractivity contribution in [3.8, 4) is 17.0 Å². The second-order valence-corrected chi connectivity index (χ2v) is 9.38. The van der Waals surface area contributed by atoms with E-state index in [2.05, 4.69) is 58.3 Å². The van der Waals surface area contributed by atoms with Gasteiger partial charge in [0.2, 0.25) is 0 Å². The van der Waals surface area contributed by atoms with Crippen molar-refractivity contribution in [2.45, 2.75) is 32.9 Å². The quantitative estimate of drug-likeness (QED) is 0.571. The predicted octanol–water partition coefficient (Wildman–Crippen LogP) is 3.62. The molecule has 2 aliphatic rings. The van der Waals surface area contributed by atoms with Crippen LogP contribution in [-0.2, 0) is 13.7 Å². The third kappa shape index (κ3) is 4.40. The van der Waals surface area contributed by atoms with Crippen LogP contribution in [0.1, 0.15) is 35.0 Å². The van der Waals surface area contributed by atoms with Gasteiger partial charge in [-0.15, -0.1) is 0 Å². The smallest absolute Gasteiger partial charge is 0.272 e. The summed E-state index contributed by atoms with van der Waals surface area (Å²) in [5, 5.41) is 7.59. The first-order valence-corrected chi connectivity index (χ1v) is 12.1. The highest BCUT2D eigenvalue weighted by molar-refractivity contribution is 5.96. The van der Waals surface area contributed by atoms with Gasteiger partial charge in [0.15, 0.2) is 5.69 Å². The molecule has 1 fully saturated rings. The first kappa shape index (κ1) is 22.5. The molecule has 0 bridgehead atoms. The Balaban J connectivity index is 1.13. The fraction of sp³-hybridized carbons (Fsp3) is 0.407. The number of carbonyl (C=O) groups excluding carboxylic acids is 1. The Morgan fingerprint density at radius 1 is 1.18 bits per heavy atom. The average Bonchev–Trinajstić information content (AvgIpc) is 3.19. The fourth-order valence-corrected chi connectivity index (χ4v) is 5.18. The highest BCUT2D eigenvalue weighted by Gasteiger charge is 2.28. The molecule has 1 saturated heterocycles. The Morgan fingerprint density at radius 2 is 2.03 bits per heavy atom. The van der Waals surface area contributed by atoms with E-state index in [0.717, 1.165) is 55.2 Å². The number of anilines is 1. The molecule has 0 radical (unpaired) electrons. The van der Waals surface area contributed by atoms with Crippen molar-refractivity contribution in [3.63, 3.8) is 0 Å². The third-order valence-electron chi connectivity index (χ3n) is 6.86. The van der Waals surface area contributed by atoms with Gasteiger partial charge in [0, 0.05) is 56.1 Å². The maximum absolute atomic E-state index is 12.9. The molecule has 34 heavy (non-hydrogen) atoms. The summed E-state index contributed by atoms with van der Waals surface area (Å²) in [4.78, 5) is 17.9. The van der Waals surface area contributed by atoms with Gasteiger partial charge in [0.25, 0.3) is 5.91 Å². The lowest BCUT2D eigenvalue weighted by molar-refractivity contribution is 0.0943. The molecule has 2 aromatic carbocycles. The molecular weight excluding hydrogens is 426 g/mol. The number of hydrogen-bond donors (Lipinski definition) is 1. The van der Waals surface area contributed by atoms with E-state index in [1.165, 1.54) is 11.3 Å². The molecule has 1 amide bonds. The minimum absolute atomic E-state index is 0.127. The highest BCUT2D eigenvalue weighted by Crippen LogP contribution is 2.38. The van der Waals surface area contributed by atoms with Gasteiger partial charge < -0.3 is 15.0 Å². The number of piperazine rings is 1. The zero-order valence-corrected chi connectivity index (χ0v) is 20.3. The number of aryl methyl sites for hydroxylation is 2. The van der Waals surface area contributed by atoms with Crippen molar-refractivity contribution < 1.29 is 9.53 Å². The minimum atomic E-state index is -0.127. The molecular formula is C27H33N5O2. The second kappa shape index (κ2) is 9.50. The number of amides is 1. The number of fused-ring (bicyclic) bond motifs is 3. The van der Waals surface area contributed by atoms with E-state index in [1.807, 2.05) is 31.3 Å². The Bertz CT molecular complexity index is 1190. The van der Waals surface area contributed by atoms with Crippen LogP contribution in [-0.4, -0.2) is 59.4 Å². The molecule has 5 rings (SSSR count). The summed E-state index contributed by atoms with van der Waals surface area (Å²) in [6.07, 6.45) is 0.914. The largest absolute Gasteiger partial charge is 0.488 e. The summed E-state index contributed by atoms with van der Waals surface area (Å²) in [5.41, 5.74) is 5.88. The lowest BCUT2D eigenvalue weighted by atomic mass is 10.0.